The maximum Gasteiger partial charge on any atom is 4.00 e. The minimum atomic E-state index is 0. The van der Waals surface area contributed by atoms with Gasteiger partial charge < -0.3 is 26.3 Å². The van der Waals surface area contributed by atoms with E-state index in [1.807, 2.05) is 12.2 Å². The Hall–Kier alpha value is 0.640. The summed E-state index contributed by atoms with van der Waals surface area (Å²) in [6.07, 6.45) is 10.0. The summed E-state index contributed by atoms with van der Waals surface area (Å²) in [5.41, 5.74) is 0. The van der Waals surface area contributed by atoms with Gasteiger partial charge in [-0.25, -0.2) is 12.2 Å². The topological polar surface area (TPSA) is 0 Å². The molecule has 0 nitrogen and oxygen atoms in total. The van der Waals surface area contributed by atoms with E-state index in [9.17, 15) is 0 Å². The Balaban J connectivity index is -0.0000000369. The molecule has 0 fully saturated rings. The van der Waals surface area contributed by atoms with Gasteiger partial charge in [0.1, 0.15) is 0 Å². The van der Waals surface area contributed by atoms with Crippen LogP contribution >= 0.6 is 0 Å². The molecule has 0 aromatic rings. The summed E-state index contributed by atoms with van der Waals surface area (Å²) in [5.74, 6) is 0. The third-order valence-electron chi connectivity index (χ3n) is 0.586. The van der Waals surface area contributed by atoms with Crippen molar-refractivity contribution < 1.29 is 38.3 Å². The van der Waals surface area contributed by atoms with Crippen LogP contribution in [0.1, 0.15) is 20.3 Å². The number of rotatable bonds is 0. The maximum atomic E-state index is 3.25. The van der Waals surface area contributed by atoms with Crippen LogP contribution in [-0.4, -0.2) is 0 Å². The molecule has 0 heterocycles. The number of hydrogen-bond acceptors (Lipinski definition) is 0. The zero-order valence-electron chi connectivity index (χ0n) is 7.23. The summed E-state index contributed by atoms with van der Waals surface area (Å²) in [7, 11) is 0. The first kappa shape index (κ1) is 22.6. The molecule has 0 aromatic heterocycles. The van der Waals surface area contributed by atoms with Gasteiger partial charge in [-0.2, -0.15) is 19.9 Å². The van der Waals surface area contributed by atoms with Gasteiger partial charge in [0.05, 0.1) is 0 Å². The van der Waals surface area contributed by atoms with Crippen LogP contribution in [0.4, 0.5) is 0 Å². The fraction of sp³-hybridized carbons (Fsp3) is 0.333. The summed E-state index contributed by atoms with van der Waals surface area (Å²) < 4.78 is 0. The molecular weight excluding hydrogens is 322 g/mol. The molecule has 0 radical (unpaired) electrons. The van der Waals surface area contributed by atoms with Crippen LogP contribution in [0.5, 0.6) is 0 Å². The second-order valence-corrected chi connectivity index (χ2v) is 1.00. The molecule has 0 N–H and O–H groups in total. The van der Waals surface area contributed by atoms with E-state index in [1.54, 1.807) is 13.8 Å². The molecule has 0 aromatic carbocycles. The molecule has 0 atom stereocenters. The normalized spacial score (nSPS) is 9.09. The predicted molar refractivity (Wildman–Crippen MR) is 43.6 cm³/mol. The fourth-order valence-electron chi connectivity index (χ4n) is 0.340. The maximum absolute atomic E-state index is 3.25. The molecule has 1 aliphatic rings. The monoisotopic (exact) mass is 338 g/mol. The van der Waals surface area contributed by atoms with Crippen molar-refractivity contribution in [3.05, 3.63) is 38.2 Å². The Kier molecular flexibility index (Phi) is 63.8. The fourth-order valence-corrected chi connectivity index (χ4v) is 0.340. The summed E-state index contributed by atoms with van der Waals surface area (Å²) in [5, 5.41) is 0. The SMILES string of the molecule is [C-]1=CC=CC1.[CH2-]C.[CH2-]C.[Cl-].[Hf+4]. The molecule has 0 amide bonds. The van der Waals surface area contributed by atoms with Gasteiger partial charge in [0.25, 0.3) is 0 Å². The van der Waals surface area contributed by atoms with Crippen molar-refractivity contribution in [2.24, 2.45) is 0 Å². The number of hydrogen-bond donors (Lipinski definition) is 0. The second kappa shape index (κ2) is 31.1. The van der Waals surface area contributed by atoms with Crippen LogP contribution in [-0.2, 0) is 25.8 Å². The van der Waals surface area contributed by atoms with Gasteiger partial charge >= 0.3 is 25.8 Å². The van der Waals surface area contributed by atoms with Gasteiger partial charge in [0.15, 0.2) is 0 Å². The third-order valence-corrected chi connectivity index (χ3v) is 0.586. The van der Waals surface area contributed by atoms with E-state index in [2.05, 4.69) is 26.0 Å². The molecule has 1 aliphatic carbocycles. The molecule has 0 saturated heterocycles. The van der Waals surface area contributed by atoms with Gasteiger partial charge in [0.2, 0.25) is 0 Å². The van der Waals surface area contributed by atoms with E-state index in [1.165, 1.54) is 0 Å². The molecule has 0 aliphatic heterocycles. The Morgan fingerprint density at radius 2 is 1.64 bits per heavy atom. The Morgan fingerprint density at radius 1 is 1.18 bits per heavy atom. The first-order valence-electron chi connectivity index (χ1n) is 3.13. The molecular formula is C9H15ClHf. The Morgan fingerprint density at radius 3 is 1.73 bits per heavy atom. The van der Waals surface area contributed by atoms with E-state index in [0.717, 1.165) is 6.42 Å². The van der Waals surface area contributed by atoms with Crippen molar-refractivity contribution in [2.75, 3.05) is 0 Å². The van der Waals surface area contributed by atoms with Crippen LogP contribution in [0.2, 0.25) is 0 Å². The van der Waals surface area contributed by atoms with Crippen molar-refractivity contribution in [1.82, 2.24) is 0 Å². The van der Waals surface area contributed by atoms with Gasteiger partial charge in [-0.05, 0) is 0 Å². The number of allylic oxidation sites excluding steroid dienone is 4. The average molecular weight is 337 g/mol. The first-order chi connectivity index (χ1) is 4.50. The van der Waals surface area contributed by atoms with E-state index in [0.29, 0.717) is 0 Å². The molecule has 11 heavy (non-hydrogen) atoms. The molecule has 2 heteroatoms. The van der Waals surface area contributed by atoms with E-state index < -0.39 is 0 Å². The van der Waals surface area contributed by atoms with Crippen LogP contribution in [0.25, 0.3) is 0 Å². The van der Waals surface area contributed by atoms with E-state index >= 15 is 0 Å². The first-order valence-corrected chi connectivity index (χ1v) is 3.13. The van der Waals surface area contributed by atoms with Crippen molar-refractivity contribution >= 4 is 0 Å². The molecule has 0 unspecified atom stereocenters. The molecule has 1 rings (SSSR count). The van der Waals surface area contributed by atoms with Crippen molar-refractivity contribution in [3.63, 3.8) is 0 Å². The molecule has 0 spiro atoms. The van der Waals surface area contributed by atoms with Gasteiger partial charge in [-0.15, -0.1) is 6.42 Å². The predicted octanol–water partition coefficient (Wildman–Crippen LogP) is -0.0120. The molecule has 0 saturated carbocycles. The second-order valence-electron chi connectivity index (χ2n) is 1.00. The van der Waals surface area contributed by atoms with Crippen LogP contribution < -0.4 is 12.4 Å². The number of halogens is 1. The van der Waals surface area contributed by atoms with E-state index in [-0.39, 0.29) is 38.3 Å². The Bertz CT molecular complexity index is 67.6. The van der Waals surface area contributed by atoms with Gasteiger partial charge in [-0.3, -0.25) is 6.08 Å². The standard InChI is InChI=1S/C5H5.2C2H5.ClH.Hf/c1-2-4-5-3-1;2*1-2;;/h1-3H,4H2;2*1H2,2H3;1H;/q3*-1;;+4/p-1. The van der Waals surface area contributed by atoms with Crippen LogP contribution in [0, 0.1) is 19.9 Å². The quantitative estimate of drug-likeness (QED) is 0.431. The Labute approximate surface area is 96.3 Å². The molecule has 62 valence electrons. The van der Waals surface area contributed by atoms with Crippen molar-refractivity contribution in [1.29, 1.82) is 0 Å². The van der Waals surface area contributed by atoms with Crippen LogP contribution in [0.15, 0.2) is 18.2 Å². The largest absolute Gasteiger partial charge is 4.00 e. The van der Waals surface area contributed by atoms with Gasteiger partial charge in [0, 0.05) is 0 Å². The minimum absolute atomic E-state index is 0. The van der Waals surface area contributed by atoms with Gasteiger partial charge in [-0.1, -0.05) is 0 Å². The van der Waals surface area contributed by atoms with E-state index in [4.69, 9.17) is 0 Å². The summed E-state index contributed by atoms with van der Waals surface area (Å²) in [6, 6.07) is 0. The minimum Gasteiger partial charge on any atom is -1.00 e. The molecule has 0 bridgehead atoms. The summed E-state index contributed by atoms with van der Waals surface area (Å²) >= 11 is 0. The van der Waals surface area contributed by atoms with Crippen LogP contribution in [0.3, 0.4) is 0 Å². The van der Waals surface area contributed by atoms with Crippen molar-refractivity contribution in [3.8, 4) is 0 Å². The third kappa shape index (κ3) is 25.0. The smallest absolute Gasteiger partial charge is 1.00 e. The average Bonchev–Trinajstić information content (AvgIpc) is 2.51. The summed E-state index contributed by atoms with van der Waals surface area (Å²) in [4.78, 5) is 0. The zero-order chi connectivity index (χ0) is 7.54. The zero-order valence-corrected chi connectivity index (χ0v) is 11.6. The summed E-state index contributed by atoms with van der Waals surface area (Å²) in [6.45, 7) is 10.0. The van der Waals surface area contributed by atoms with Crippen molar-refractivity contribution in [2.45, 2.75) is 20.3 Å².